The van der Waals surface area contributed by atoms with Gasteiger partial charge in [0.15, 0.2) is 11.8 Å². The molecule has 0 amide bonds. The second kappa shape index (κ2) is 9.18. The highest BCUT2D eigenvalue weighted by Crippen LogP contribution is 2.21. The number of nitrogens with one attached hydrogen (secondary N) is 2. The molecule has 128 valence electrons. The molecule has 9 heteroatoms. The zero-order valence-electron chi connectivity index (χ0n) is 13.4. The first-order valence-electron chi connectivity index (χ1n) is 7.07. The number of halogens is 1. The van der Waals surface area contributed by atoms with E-state index in [1.54, 1.807) is 25.2 Å². The number of hydrogen-bond donors (Lipinski definition) is 3. The van der Waals surface area contributed by atoms with Crippen molar-refractivity contribution in [1.29, 1.82) is 0 Å². The largest absolute Gasteiger partial charge is 0.384 e. The molecule has 2 heterocycles. The van der Waals surface area contributed by atoms with Gasteiger partial charge in [0.1, 0.15) is 12.1 Å². The third kappa shape index (κ3) is 6.07. The summed E-state index contributed by atoms with van der Waals surface area (Å²) < 4.78 is 4.91. The van der Waals surface area contributed by atoms with Crippen LogP contribution in [0.3, 0.4) is 0 Å². The van der Waals surface area contributed by atoms with Crippen LogP contribution in [0, 0.1) is 6.92 Å². The van der Waals surface area contributed by atoms with Crippen LogP contribution in [0.15, 0.2) is 26.3 Å². The van der Waals surface area contributed by atoms with Crippen molar-refractivity contribution >= 4 is 41.3 Å². The van der Waals surface area contributed by atoms with Gasteiger partial charge in [0.05, 0.1) is 6.54 Å². The summed E-state index contributed by atoms with van der Waals surface area (Å²) in [5.74, 6) is 1.64. The average molecular weight is 451 g/mol. The lowest BCUT2D eigenvalue weighted by atomic mass is 9.99. The third-order valence-corrected chi connectivity index (χ3v) is 3.72. The number of guanidine groups is 1. The van der Waals surface area contributed by atoms with Gasteiger partial charge < -0.3 is 20.3 Å². The Morgan fingerprint density at radius 1 is 1.48 bits per heavy atom. The molecule has 0 spiro atoms. The molecule has 2 aromatic rings. The van der Waals surface area contributed by atoms with E-state index in [-0.39, 0.29) is 24.0 Å². The Morgan fingerprint density at radius 3 is 2.83 bits per heavy atom. The van der Waals surface area contributed by atoms with E-state index in [9.17, 15) is 5.11 Å². The summed E-state index contributed by atoms with van der Waals surface area (Å²) in [5.41, 5.74) is -0.0755. The molecule has 0 aromatic carbocycles. The molecular weight excluding hydrogens is 429 g/mol. The Bertz CT molecular complexity index is 612. The first kappa shape index (κ1) is 19.8. The van der Waals surface area contributed by atoms with Gasteiger partial charge in [-0.15, -0.1) is 24.0 Å². The minimum absolute atomic E-state index is 0. The van der Waals surface area contributed by atoms with E-state index in [2.05, 4.69) is 25.8 Å². The van der Waals surface area contributed by atoms with Crippen molar-refractivity contribution in [3.8, 4) is 0 Å². The highest BCUT2D eigenvalue weighted by molar-refractivity contribution is 14.0. The standard InChI is InChI=1S/C14H21N5O2S.HI/c1-4-15-13(16-7-12-18-10(2)21-19-12)17-9-14(3,20)11-5-6-22-8-11;/h5-6,8,20H,4,7,9H2,1-3H3,(H2,15,16,17);1H. The second-order valence-corrected chi connectivity index (χ2v) is 5.84. The van der Waals surface area contributed by atoms with Crippen molar-refractivity contribution in [3.05, 3.63) is 34.1 Å². The number of aliphatic hydroxyl groups is 1. The average Bonchev–Trinajstić information content (AvgIpc) is 3.13. The maximum Gasteiger partial charge on any atom is 0.223 e. The lowest BCUT2D eigenvalue weighted by Crippen LogP contribution is -2.44. The van der Waals surface area contributed by atoms with Crippen molar-refractivity contribution < 1.29 is 9.63 Å². The van der Waals surface area contributed by atoms with Crippen LogP contribution < -0.4 is 10.6 Å². The molecule has 2 rings (SSSR count). The van der Waals surface area contributed by atoms with Gasteiger partial charge in [-0.1, -0.05) is 5.16 Å². The fourth-order valence-corrected chi connectivity index (χ4v) is 2.61. The van der Waals surface area contributed by atoms with Gasteiger partial charge in [-0.3, -0.25) is 0 Å². The molecule has 0 aliphatic carbocycles. The number of aromatic nitrogens is 2. The van der Waals surface area contributed by atoms with Gasteiger partial charge >= 0.3 is 0 Å². The van der Waals surface area contributed by atoms with Crippen LogP contribution in [0.1, 0.15) is 31.1 Å². The van der Waals surface area contributed by atoms with Crippen LogP contribution >= 0.6 is 35.3 Å². The lowest BCUT2D eigenvalue weighted by Gasteiger charge is -2.24. The Labute approximate surface area is 156 Å². The van der Waals surface area contributed by atoms with Crippen LogP contribution in [0.2, 0.25) is 0 Å². The molecule has 23 heavy (non-hydrogen) atoms. The molecule has 0 bridgehead atoms. The summed E-state index contributed by atoms with van der Waals surface area (Å²) in [6.07, 6.45) is 0. The molecule has 0 aliphatic rings. The third-order valence-electron chi connectivity index (χ3n) is 3.04. The molecular formula is C14H22IN5O2S. The van der Waals surface area contributed by atoms with Crippen molar-refractivity contribution in [1.82, 2.24) is 20.8 Å². The maximum atomic E-state index is 10.5. The molecule has 0 saturated carbocycles. The lowest BCUT2D eigenvalue weighted by molar-refractivity contribution is 0.0621. The molecule has 0 radical (unpaired) electrons. The van der Waals surface area contributed by atoms with Gasteiger partial charge in [0.25, 0.3) is 0 Å². The van der Waals surface area contributed by atoms with E-state index in [1.165, 1.54) is 0 Å². The Balaban J connectivity index is 0.00000264. The first-order chi connectivity index (χ1) is 10.5. The van der Waals surface area contributed by atoms with E-state index in [4.69, 9.17) is 4.52 Å². The summed E-state index contributed by atoms with van der Waals surface area (Å²) in [6, 6.07) is 1.92. The van der Waals surface area contributed by atoms with Gasteiger partial charge in [0, 0.05) is 13.5 Å². The molecule has 0 saturated heterocycles. The minimum atomic E-state index is -0.959. The van der Waals surface area contributed by atoms with Gasteiger partial charge in [0.2, 0.25) is 5.89 Å². The summed E-state index contributed by atoms with van der Waals surface area (Å²) in [7, 11) is 0. The molecule has 3 N–H and O–H groups in total. The maximum absolute atomic E-state index is 10.5. The van der Waals surface area contributed by atoms with Gasteiger partial charge in [-0.05, 0) is 36.2 Å². The number of aliphatic imine (C=N–C) groups is 1. The Hall–Kier alpha value is -1.20. The van der Waals surface area contributed by atoms with Crippen molar-refractivity contribution in [2.75, 3.05) is 13.1 Å². The number of rotatable bonds is 6. The smallest absolute Gasteiger partial charge is 0.223 e. The number of nitrogens with zero attached hydrogens (tertiary/aromatic N) is 3. The SMILES string of the molecule is CCNC(=NCc1noc(C)n1)NCC(C)(O)c1ccsc1.I. The topological polar surface area (TPSA) is 95.6 Å². The number of hydrogen-bond acceptors (Lipinski definition) is 6. The molecule has 1 atom stereocenters. The molecule has 0 fully saturated rings. The minimum Gasteiger partial charge on any atom is -0.384 e. The molecule has 1 unspecified atom stereocenters. The van der Waals surface area contributed by atoms with E-state index in [0.29, 0.717) is 30.8 Å². The van der Waals surface area contributed by atoms with E-state index in [1.807, 2.05) is 23.8 Å². The first-order valence-corrected chi connectivity index (χ1v) is 8.02. The van der Waals surface area contributed by atoms with Crippen LogP contribution in [0.5, 0.6) is 0 Å². The van der Waals surface area contributed by atoms with Crippen LogP contribution in [-0.4, -0.2) is 34.3 Å². The van der Waals surface area contributed by atoms with E-state index < -0.39 is 5.60 Å². The Morgan fingerprint density at radius 2 is 2.26 bits per heavy atom. The fourth-order valence-electron chi connectivity index (χ4n) is 1.83. The highest BCUT2D eigenvalue weighted by Gasteiger charge is 2.23. The highest BCUT2D eigenvalue weighted by atomic mass is 127. The van der Waals surface area contributed by atoms with Gasteiger partial charge in [-0.2, -0.15) is 16.3 Å². The van der Waals surface area contributed by atoms with Crippen molar-refractivity contribution in [2.24, 2.45) is 4.99 Å². The van der Waals surface area contributed by atoms with Crippen LogP contribution in [-0.2, 0) is 12.1 Å². The summed E-state index contributed by atoms with van der Waals surface area (Å²) in [5, 5.41) is 24.4. The van der Waals surface area contributed by atoms with Gasteiger partial charge in [-0.25, -0.2) is 4.99 Å². The predicted molar refractivity (Wildman–Crippen MR) is 101 cm³/mol. The molecule has 0 aliphatic heterocycles. The van der Waals surface area contributed by atoms with Crippen molar-refractivity contribution in [3.63, 3.8) is 0 Å². The second-order valence-electron chi connectivity index (χ2n) is 5.06. The zero-order chi connectivity index (χ0) is 16.0. The summed E-state index contributed by atoms with van der Waals surface area (Å²) >= 11 is 1.56. The number of aryl methyl sites for hydroxylation is 1. The van der Waals surface area contributed by atoms with E-state index in [0.717, 1.165) is 12.1 Å². The van der Waals surface area contributed by atoms with Crippen molar-refractivity contribution in [2.45, 2.75) is 32.9 Å². The van der Waals surface area contributed by atoms with Crippen LogP contribution in [0.4, 0.5) is 0 Å². The quantitative estimate of drug-likeness (QED) is 0.354. The monoisotopic (exact) mass is 451 g/mol. The Kier molecular flexibility index (Phi) is 7.92. The van der Waals surface area contributed by atoms with Crippen LogP contribution in [0.25, 0.3) is 0 Å². The molecule has 2 aromatic heterocycles. The fraction of sp³-hybridized carbons (Fsp3) is 0.500. The summed E-state index contributed by atoms with van der Waals surface area (Å²) in [4.78, 5) is 8.49. The predicted octanol–water partition coefficient (Wildman–Crippen LogP) is 2.02. The van der Waals surface area contributed by atoms with E-state index >= 15 is 0 Å². The summed E-state index contributed by atoms with van der Waals surface area (Å²) in [6.45, 7) is 6.87. The molecule has 7 nitrogen and oxygen atoms in total. The normalized spacial score (nSPS) is 14.0. The zero-order valence-corrected chi connectivity index (χ0v) is 16.5. The number of thiophene rings is 1.